The lowest BCUT2D eigenvalue weighted by Gasteiger charge is -2.33. The van der Waals surface area contributed by atoms with Crippen molar-refractivity contribution in [3.05, 3.63) is 0 Å². The summed E-state index contributed by atoms with van der Waals surface area (Å²) in [6.45, 7) is 7.77. The molecule has 0 bridgehead atoms. The van der Waals surface area contributed by atoms with Crippen LogP contribution in [0.1, 0.15) is 32.6 Å². The van der Waals surface area contributed by atoms with E-state index in [0.29, 0.717) is 12.1 Å². The van der Waals surface area contributed by atoms with Gasteiger partial charge in [0.15, 0.2) is 0 Å². The van der Waals surface area contributed by atoms with Crippen molar-refractivity contribution in [1.82, 2.24) is 10.2 Å². The van der Waals surface area contributed by atoms with E-state index in [1.54, 1.807) is 0 Å². The highest BCUT2D eigenvalue weighted by molar-refractivity contribution is 4.76. The van der Waals surface area contributed by atoms with Crippen LogP contribution >= 0.6 is 0 Å². The van der Waals surface area contributed by atoms with E-state index in [9.17, 15) is 0 Å². The highest BCUT2D eigenvalue weighted by atomic mass is 16.5. The first-order chi connectivity index (χ1) is 7.36. The molecule has 2 fully saturated rings. The fourth-order valence-electron chi connectivity index (χ4n) is 2.61. The summed E-state index contributed by atoms with van der Waals surface area (Å²) in [5.74, 6) is 0. The molecule has 1 aliphatic carbocycles. The van der Waals surface area contributed by atoms with Crippen LogP contribution in [0.5, 0.6) is 0 Å². The first-order valence-electron chi connectivity index (χ1n) is 6.42. The fourth-order valence-corrected chi connectivity index (χ4v) is 2.61. The molecule has 0 aromatic rings. The molecule has 1 N–H and O–H groups in total. The first kappa shape index (κ1) is 11.4. The smallest absolute Gasteiger partial charge is 0.0597 e. The van der Waals surface area contributed by atoms with Crippen LogP contribution in [-0.2, 0) is 4.74 Å². The lowest BCUT2D eigenvalue weighted by Crippen LogP contribution is -2.50. The van der Waals surface area contributed by atoms with Gasteiger partial charge in [-0.3, -0.25) is 4.90 Å². The van der Waals surface area contributed by atoms with Crippen molar-refractivity contribution in [3.63, 3.8) is 0 Å². The Kier molecular flexibility index (Phi) is 4.42. The van der Waals surface area contributed by atoms with E-state index >= 15 is 0 Å². The quantitative estimate of drug-likeness (QED) is 0.759. The summed E-state index contributed by atoms with van der Waals surface area (Å²) < 4.78 is 5.89. The minimum atomic E-state index is 0.572. The largest absolute Gasteiger partial charge is 0.377 e. The Balaban J connectivity index is 1.59. The average Bonchev–Trinajstić information content (AvgIpc) is 2.74. The van der Waals surface area contributed by atoms with Gasteiger partial charge in [0.2, 0.25) is 0 Å². The summed E-state index contributed by atoms with van der Waals surface area (Å²) in [5, 5.41) is 3.41. The summed E-state index contributed by atoms with van der Waals surface area (Å²) in [7, 11) is 0. The third-order valence-corrected chi connectivity index (χ3v) is 3.67. The number of piperazine rings is 1. The summed E-state index contributed by atoms with van der Waals surface area (Å²) in [6.07, 6.45) is 5.89. The van der Waals surface area contributed by atoms with Crippen LogP contribution < -0.4 is 5.32 Å². The van der Waals surface area contributed by atoms with E-state index < -0.39 is 0 Å². The zero-order valence-corrected chi connectivity index (χ0v) is 9.87. The number of nitrogens with one attached hydrogen (secondary N) is 1. The second-order valence-corrected chi connectivity index (χ2v) is 4.87. The van der Waals surface area contributed by atoms with E-state index in [1.165, 1.54) is 32.2 Å². The van der Waals surface area contributed by atoms with Crippen LogP contribution in [0.2, 0.25) is 0 Å². The molecule has 0 aromatic carbocycles. The van der Waals surface area contributed by atoms with Crippen LogP contribution in [0.3, 0.4) is 0 Å². The van der Waals surface area contributed by atoms with Gasteiger partial charge in [-0.05, 0) is 19.8 Å². The third kappa shape index (κ3) is 3.44. The Morgan fingerprint density at radius 2 is 2.13 bits per heavy atom. The zero-order chi connectivity index (χ0) is 10.5. The van der Waals surface area contributed by atoms with Crippen molar-refractivity contribution < 1.29 is 4.74 Å². The number of hydrogen-bond donors (Lipinski definition) is 1. The maximum atomic E-state index is 5.89. The number of hydrogen-bond acceptors (Lipinski definition) is 3. The van der Waals surface area contributed by atoms with Gasteiger partial charge in [0.05, 0.1) is 12.7 Å². The average molecular weight is 212 g/mol. The molecule has 3 nitrogen and oxygen atoms in total. The van der Waals surface area contributed by atoms with Gasteiger partial charge in [-0.25, -0.2) is 0 Å². The molecule has 1 heterocycles. The zero-order valence-electron chi connectivity index (χ0n) is 9.87. The van der Waals surface area contributed by atoms with Gasteiger partial charge in [0.1, 0.15) is 0 Å². The molecule has 2 rings (SSSR count). The highest BCUT2D eigenvalue weighted by Gasteiger charge is 2.19. The van der Waals surface area contributed by atoms with Crippen molar-refractivity contribution in [2.75, 3.05) is 32.8 Å². The Morgan fingerprint density at radius 1 is 1.33 bits per heavy atom. The van der Waals surface area contributed by atoms with Crippen LogP contribution in [0, 0.1) is 0 Å². The standard InChI is InChI=1S/C12H24N2O/c1-11-10-13-6-7-14(11)8-9-15-12-4-2-3-5-12/h11-13H,2-10H2,1H3. The molecule has 1 aliphatic heterocycles. The number of rotatable bonds is 4. The molecule has 0 amide bonds. The molecule has 1 unspecified atom stereocenters. The number of nitrogens with zero attached hydrogens (tertiary/aromatic N) is 1. The monoisotopic (exact) mass is 212 g/mol. The molecular formula is C12H24N2O. The van der Waals surface area contributed by atoms with E-state index in [-0.39, 0.29) is 0 Å². The van der Waals surface area contributed by atoms with E-state index in [0.717, 1.165) is 26.2 Å². The van der Waals surface area contributed by atoms with Crippen LogP contribution in [0.4, 0.5) is 0 Å². The molecule has 1 saturated carbocycles. The van der Waals surface area contributed by atoms with Crippen LogP contribution in [0.15, 0.2) is 0 Å². The van der Waals surface area contributed by atoms with E-state index in [4.69, 9.17) is 4.74 Å². The molecule has 2 aliphatic rings. The molecule has 0 spiro atoms. The molecule has 1 atom stereocenters. The summed E-state index contributed by atoms with van der Waals surface area (Å²) in [6, 6.07) is 0.672. The molecule has 15 heavy (non-hydrogen) atoms. The van der Waals surface area contributed by atoms with Crippen LogP contribution in [0.25, 0.3) is 0 Å². The predicted molar refractivity (Wildman–Crippen MR) is 62.1 cm³/mol. The second-order valence-electron chi connectivity index (χ2n) is 4.87. The predicted octanol–water partition coefficient (Wildman–Crippen LogP) is 1.24. The van der Waals surface area contributed by atoms with Crippen molar-refractivity contribution in [2.45, 2.75) is 44.8 Å². The van der Waals surface area contributed by atoms with Gasteiger partial charge in [-0.15, -0.1) is 0 Å². The van der Waals surface area contributed by atoms with E-state index in [2.05, 4.69) is 17.1 Å². The summed E-state index contributed by atoms with van der Waals surface area (Å²) >= 11 is 0. The SMILES string of the molecule is CC1CNCCN1CCOC1CCCC1. The Hall–Kier alpha value is -0.120. The lowest BCUT2D eigenvalue weighted by atomic mass is 10.2. The lowest BCUT2D eigenvalue weighted by molar-refractivity contribution is 0.0313. The van der Waals surface area contributed by atoms with E-state index in [1.807, 2.05) is 0 Å². The van der Waals surface area contributed by atoms with Crippen molar-refractivity contribution in [3.8, 4) is 0 Å². The molecule has 88 valence electrons. The second kappa shape index (κ2) is 5.83. The summed E-state index contributed by atoms with van der Waals surface area (Å²) in [5.41, 5.74) is 0. The van der Waals surface area contributed by atoms with Crippen molar-refractivity contribution in [1.29, 1.82) is 0 Å². The third-order valence-electron chi connectivity index (χ3n) is 3.67. The molecule has 1 saturated heterocycles. The van der Waals surface area contributed by atoms with Crippen molar-refractivity contribution in [2.24, 2.45) is 0 Å². The van der Waals surface area contributed by atoms with Gasteiger partial charge in [-0.2, -0.15) is 0 Å². The maximum absolute atomic E-state index is 5.89. The maximum Gasteiger partial charge on any atom is 0.0597 e. The fraction of sp³-hybridized carbons (Fsp3) is 1.00. The number of ether oxygens (including phenoxy) is 1. The summed E-state index contributed by atoms with van der Waals surface area (Å²) in [4.78, 5) is 2.53. The Morgan fingerprint density at radius 3 is 2.87 bits per heavy atom. The van der Waals surface area contributed by atoms with Gasteiger partial charge in [0.25, 0.3) is 0 Å². The Labute approximate surface area is 93.2 Å². The first-order valence-corrected chi connectivity index (χ1v) is 6.42. The van der Waals surface area contributed by atoms with Crippen molar-refractivity contribution >= 4 is 0 Å². The van der Waals surface area contributed by atoms with Crippen LogP contribution in [-0.4, -0.2) is 49.8 Å². The van der Waals surface area contributed by atoms with Gasteiger partial charge in [-0.1, -0.05) is 12.8 Å². The van der Waals surface area contributed by atoms with Gasteiger partial charge < -0.3 is 10.1 Å². The molecular weight excluding hydrogens is 188 g/mol. The molecule has 0 aromatic heterocycles. The minimum absolute atomic E-state index is 0.572. The highest BCUT2D eigenvalue weighted by Crippen LogP contribution is 2.20. The normalized spacial score (nSPS) is 29.8. The van der Waals surface area contributed by atoms with Gasteiger partial charge in [0, 0.05) is 32.2 Å². The molecule has 0 radical (unpaired) electrons. The Bertz CT molecular complexity index is 180. The topological polar surface area (TPSA) is 24.5 Å². The molecule has 3 heteroatoms. The minimum Gasteiger partial charge on any atom is -0.377 e. The van der Waals surface area contributed by atoms with Gasteiger partial charge >= 0.3 is 0 Å².